The number of nitrogens with zero attached hydrogens (tertiary/aromatic N) is 1. The van der Waals surface area contributed by atoms with E-state index in [2.05, 4.69) is 34.7 Å². The van der Waals surface area contributed by atoms with Gasteiger partial charge in [-0.15, -0.1) is 0 Å². The zero-order valence-electron chi connectivity index (χ0n) is 8.93. The molecule has 1 aliphatic heterocycles. The van der Waals surface area contributed by atoms with Crippen molar-refractivity contribution < 1.29 is 0 Å². The summed E-state index contributed by atoms with van der Waals surface area (Å²) in [6.07, 6.45) is 4.20. The second-order valence-corrected chi connectivity index (χ2v) is 5.41. The fraction of sp³-hybridized carbons (Fsp3) is 1.00. The van der Waals surface area contributed by atoms with Gasteiger partial charge in [0.1, 0.15) is 0 Å². The smallest absolute Gasteiger partial charge is 0.00339 e. The van der Waals surface area contributed by atoms with E-state index in [1.165, 1.54) is 44.2 Å². The van der Waals surface area contributed by atoms with Gasteiger partial charge >= 0.3 is 0 Å². The van der Waals surface area contributed by atoms with E-state index in [9.17, 15) is 0 Å². The summed E-state index contributed by atoms with van der Waals surface area (Å²) in [6.45, 7) is 8.57. The van der Waals surface area contributed by atoms with Crippen molar-refractivity contribution in [2.75, 3.05) is 25.0 Å². The molecule has 13 heavy (non-hydrogen) atoms. The molecule has 1 fully saturated rings. The number of halogens is 1. The van der Waals surface area contributed by atoms with Crippen LogP contribution in [0.25, 0.3) is 0 Å². The van der Waals surface area contributed by atoms with Crippen LogP contribution in [-0.2, 0) is 0 Å². The molecule has 0 radical (unpaired) electrons. The number of likely N-dealkylation sites (tertiary alicyclic amines) is 1. The predicted molar refractivity (Wildman–Crippen MR) is 62.4 cm³/mol. The minimum absolute atomic E-state index is 0.827. The topological polar surface area (TPSA) is 3.24 Å². The average Bonchev–Trinajstić information content (AvgIpc) is 2.08. The lowest BCUT2D eigenvalue weighted by molar-refractivity contribution is 0.166. The second-order valence-electron chi connectivity index (χ2n) is 4.62. The van der Waals surface area contributed by atoms with E-state index >= 15 is 0 Å². The molecule has 1 nitrogen and oxygen atoms in total. The first-order valence-corrected chi connectivity index (χ1v) is 6.63. The maximum atomic E-state index is 3.53. The molecule has 0 N–H and O–H groups in total. The Morgan fingerprint density at radius 2 is 1.92 bits per heavy atom. The van der Waals surface area contributed by atoms with Crippen LogP contribution in [0.4, 0.5) is 0 Å². The second kappa shape index (κ2) is 6.02. The van der Waals surface area contributed by atoms with Crippen molar-refractivity contribution in [2.24, 2.45) is 11.8 Å². The Hall–Kier alpha value is 0.440. The largest absolute Gasteiger partial charge is 0.303 e. The molecule has 0 amide bonds. The van der Waals surface area contributed by atoms with Gasteiger partial charge in [-0.2, -0.15) is 0 Å². The van der Waals surface area contributed by atoms with Crippen molar-refractivity contribution >= 4 is 15.9 Å². The summed E-state index contributed by atoms with van der Waals surface area (Å²) in [6, 6.07) is 0. The van der Waals surface area contributed by atoms with Gasteiger partial charge < -0.3 is 4.90 Å². The third-order valence-electron chi connectivity index (χ3n) is 2.85. The number of piperidine rings is 1. The van der Waals surface area contributed by atoms with Gasteiger partial charge in [0.05, 0.1) is 0 Å². The normalized spacial score (nSPS) is 21.2. The maximum Gasteiger partial charge on any atom is 0.00339 e. The van der Waals surface area contributed by atoms with Crippen LogP contribution in [0.1, 0.15) is 33.1 Å². The monoisotopic (exact) mass is 247 g/mol. The van der Waals surface area contributed by atoms with E-state index in [1.807, 2.05) is 0 Å². The van der Waals surface area contributed by atoms with E-state index in [0.29, 0.717) is 0 Å². The van der Waals surface area contributed by atoms with Crippen molar-refractivity contribution in [2.45, 2.75) is 33.1 Å². The van der Waals surface area contributed by atoms with Crippen LogP contribution in [-0.4, -0.2) is 29.9 Å². The lowest BCUT2D eigenvalue weighted by Crippen LogP contribution is -2.36. The molecule has 0 aromatic heterocycles. The Kier molecular flexibility index (Phi) is 5.34. The molecule has 1 rings (SSSR count). The molecule has 78 valence electrons. The summed E-state index contributed by atoms with van der Waals surface area (Å²) >= 11 is 3.53. The molecular weight excluding hydrogens is 226 g/mol. The van der Waals surface area contributed by atoms with Gasteiger partial charge in [-0.3, -0.25) is 0 Å². The highest BCUT2D eigenvalue weighted by Crippen LogP contribution is 2.21. The van der Waals surface area contributed by atoms with E-state index in [4.69, 9.17) is 0 Å². The van der Waals surface area contributed by atoms with Gasteiger partial charge in [-0.25, -0.2) is 0 Å². The Morgan fingerprint density at radius 1 is 1.31 bits per heavy atom. The first-order valence-electron chi connectivity index (χ1n) is 5.50. The molecule has 0 saturated carbocycles. The maximum absolute atomic E-state index is 3.53. The SMILES string of the molecule is CC(C)CN1CCC(CCBr)CC1. The van der Waals surface area contributed by atoms with Crippen LogP contribution in [0.2, 0.25) is 0 Å². The third-order valence-corrected chi connectivity index (χ3v) is 3.31. The summed E-state index contributed by atoms with van der Waals surface area (Å²) in [5, 5.41) is 1.18. The van der Waals surface area contributed by atoms with E-state index in [1.54, 1.807) is 0 Å². The molecule has 0 bridgehead atoms. The zero-order chi connectivity index (χ0) is 9.68. The first-order chi connectivity index (χ1) is 6.22. The highest BCUT2D eigenvalue weighted by molar-refractivity contribution is 9.09. The molecular formula is C11H22BrN. The predicted octanol–water partition coefficient (Wildman–Crippen LogP) is 3.14. The van der Waals surface area contributed by atoms with Crippen molar-refractivity contribution in [3.8, 4) is 0 Å². The minimum atomic E-state index is 0.827. The fourth-order valence-electron chi connectivity index (χ4n) is 2.13. The number of hydrogen-bond acceptors (Lipinski definition) is 1. The molecule has 0 atom stereocenters. The van der Waals surface area contributed by atoms with Crippen molar-refractivity contribution in [1.82, 2.24) is 4.90 Å². The van der Waals surface area contributed by atoms with Crippen LogP contribution in [0.15, 0.2) is 0 Å². The standard InChI is InChI=1S/C11H22BrN/c1-10(2)9-13-7-4-11(3-6-12)5-8-13/h10-11H,3-9H2,1-2H3. The van der Waals surface area contributed by atoms with Gasteiger partial charge in [0.15, 0.2) is 0 Å². The number of rotatable bonds is 4. The molecule has 1 heterocycles. The number of hydrogen-bond donors (Lipinski definition) is 0. The van der Waals surface area contributed by atoms with Crippen molar-refractivity contribution in [3.63, 3.8) is 0 Å². The highest BCUT2D eigenvalue weighted by atomic mass is 79.9. The zero-order valence-corrected chi connectivity index (χ0v) is 10.5. The molecule has 0 aliphatic carbocycles. The Bertz CT molecular complexity index is 128. The Balaban J connectivity index is 2.15. The van der Waals surface area contributed by atoms with E-state index in [-0.39, 0.29) is 0 Å². The summed E-state index contributed by atoms with van der Waals surface area (Å²) in [5.74, 6) is 1.82. The lowest BCUT2D eigenvalue weighted by atomic mass is 9.94. The van der Waals surface area contributed by atoms with Crippen LogP contribution in [0.5, 0.6) is 0 Å². The van der Waals surface area contributed by atoms with Crippen molar-refractivity contribution in [3.05, 3.63) is 0 Å². The summed E-state index contributed by atoms with van der Waals surface area (Å²) in [4.78, 5) is 2.62. The average molecular weight is 248 g/mol. The van der Waals surface area contributed by atoms with Gasteiger partial charge in [0, 0.05) is 11.9 Å². The van der Waals surface area contributed by atoms with Gasteiger partial charge in [-0.1, -0.05) is 29.8 Å². The Labute approximate surface area is 91.0 Å². The van der Waals surface area contributed by atoms with Crippen molar-refractivity contribution in [1.29, 1.82) is 0 Å². The van der Waals surface area contributed by atoms with E-state index < -0.39 is 0 Å². The lowest BCUT2D eigenvalue weighted by Gasteiger charge is -2.32. The highest BCUT2D eigenvalue weighted by Gasteiger charge is 2.18. The molecule has 0 unspecified atom stereocenters. The number of alkyl halides is 1. The van der Waals surface area contributed by atoms with Crippen LogP contribution in [0, 0.1) is 11.8 Å². The van der Waals surface area contributed by atoms with Crippen LogP contribution in [0.3, 0.4) is 0 Å². The Morgan fingerprint density at radius 3 is 2.38 bits per heavy atom. The summed E-state index contributed by atoms with van der Waals surface area (Å²) in [7, 11) is 0. The fourth-order valence-corrected chi connectivity index (χ4v) is 2.78. The van der Waals surface area contributed by atoms with Crippen LogP contribution < -0.4 is 0 Å². The molecule has 0 aromatic rings. The third kappa shape index (κ3) is 4.46. The summed E-state index contributed by atoms with van der Waals surface area (Å²) < 4.78 is 0. The molecule has 1 aliphatic rings. The molecule has 2 heteroatoms. The summed E-state index contributed by atoms with van der Waals surface area (Å²) in [5.41, 5.74) is 0. The minimum Gasteiger partial charge on any atom is -0.303 e. The van der Waals surface area contributed by atoms with Gasteiger partial charge in [0.2, 0.25) is 0 Å². The van der Waals surface area contributed by atoms with E-state index in [0.717, 1.165) is 11.8 Å². The quantitative estimate of drug-likeness (QED) is 0.691. The molecule has 1 saturated heterocycles. The molecule has 0 aromatic carbocycles. The molecule has 0 spiro atoms. The van der Waals surface area contributed by atoms with Gasteiger partial charge in [0.25, 0.3) is 0 Å². The first kappa shape index (κ1) is 11.5. The van der Waals surface area contributed by atoms with Gasteiger partial charge in [-0.05, 0) is 44.2 Å². The van der Waals surface area contributed by atoms with Crippen LogP contribution >= 0.6 is 15.9 Å².